The van der Waals surface area contributed by atoms with Crippen LogP contribution in [0.15, 0.2) is 72.8 Å². The van der Waals surface area contributed by atoms with Crippen molar-refractivity contribution in [3.63, 3.8) is 0 Å². The molecule has 140 valence electrons. The minimum Gasteiger partial charge on any atom is -0.545 e. The van der Waals surface area contributed by atoms with Crippen molar-refractivity contribution < 1.29 is 30.0 Å². The van der Waals surface area contributed by atoms with E-state index in [1.54, 1.807) is 36.4 Å². The maximum Gasteiger partial charge on any atom is 2.00 e. The van der Waals surface area contributed by atoms with E-state index >= 15 is 0 Å². The molecule has 4 aromatic rings. The van der Waals surface area contributed by atoms with E-state index in [-0.39, 0.29) is 60.4 Å². The predicted octanol–water partition coefficient (Wildman–Crippen LogP) is 1.44. The minimum absolute atomic E-state index is 0. The van der Waals surface area contributed by atoms with Crippen molar-refractivity contribution in [1.82, 2.24) is 0 Å². The molecule has 0 amide bonds. The number of carboxylic acid groups (broad SMARTS) is 2. The molecule has 29 heavy (non-hydrogen) atoms. The number of hydrogen-bond donors (Lipinski definition) is 2. The van der Waals surface area contributed by atoms with E-state index in [4.69, 9.17) is 0 Å². The Bertz CT molecular complexity index is 1110. The second-order valence-electron chi connectivity index (χ2n) is 6.01. The number of phenols is 2. The van der Waals surface area contributed by atoms with Gasteiger partial charge in [0, 0.05) is 11.1 Å². The van der Waals surface area contributed by atoms with Crippen LogP contribution in [0.3, 0.4) is 0 Å². The van der Waals surface area contributed by atoms with Gasteiger partial charge in [-0.1, -0.05) is 48.5 Å². The summed E-state index contributed by atoms with van der Waals surface area (Å²) in [5.41, 5.74) is -0.354. The van der Waals surface area contributed by atoms with Crippen LogP contribution in [0.2, 0.25) is 0 Å². The first-order valence-corrected chi connectivity index (χ1v) is 8.23. The van der Waals surface area contributed by atoms with Crippen LogP contribution in [0, 0.1) is 0 Å². The molecule has 4 rings (SSSR count). The standard InChI is InChI=1S/2C11H8O3.Ca/c2*12-10-6-8-4-2-1-3-7(8)5-9(10)11(13)14;/h2*1-6,12H,(H,13,14);/q;;+2/p-2. The van der Waals surface area contributed by atoms with Crippen LogP contribution in [0.5, 0.6) is 11.5 Å². The van der Waals surface area contributed by atoms with E-state index < -0.39 is 11.9 Å². The molecule has 0 aliphatic heterocycles. The van der Waals surface area contributed by atoms with E-state index in [0.717, 1.165) is 21.5 Å². The molecule has 0 heterocycles. The van der Waals surface area contributed by atoms with Crippen LogP contribution < -0.4 is 10.2 Å². The molecule has 0 aromatic heterocycles. The normalized spacial score (nSPS) is 9.93. The molecule has 0 saturated carbocycles. The average Bonchev–Trinajstić information content (AvgIpc) is 2.67. The van der Waals surface area contributed by atoms with Crippen molar-refractivity contribution in [2.75, 3.05) is 0 Å². The van der Waals surface area contributed by atoms with E-state index in [1.165, 1.54) is 24.3 Å². The Labute approximate surface area is 195 Å². The number of carbonyl (C=O) groups is 2. The van der Waals surface area contributed by atoms with Gasteiger partial charge >= 0.3 is 37.7 Å². The van der Waals surface area contributed by atoms with Gasteiger partial charge in [-0.3, -0.25) is 0 Å². The second kappa shape index (κ2) is 9.60. The van der Waals surface area contributed by atoms with Gasteiger partial charge in [0.1, 0.15) is 11.5 Å². The van der Waals surface area contributed by atoms with Crippen molar-refractivity contribution in [2.24, 2.45) is 0 Å². The zero-order valence-corrected chi connectivity index (χ0v) is 17.4. The molecule has 0 atom stereocenters. The van der Waals surface area contributed by atoms with Gasteiger partial charge < -0.3 is 30.0 Å². The largest absolute Gasteiger partial charge is 2.00 e. The van der Waals surface area contributed by atoms with Crippen LogP contribution in [0.1, 0.15) is 20.7 Å². The molecule has 0 radical (unpaired) electrons. The van der Waals surface area contributed by atoms with Gasteiger partial charge in [0.2, 0.25) is 0 Å². The third-order valence-electron chi connectivity index (χ3n) is 4.17. The van der Waals surface area contributed by atoms with Crippen LogP contribution >= 0.6 is 0 Å². The number of fused-ring (bicyclic) bond motifs is 2. The predicted molar refractivity (Wildman–Crippen MR) is 106 cm³/mol. The molecule has 0 bridgehead atoms. The molecule has 2 N–H and O–H groups in total. The Morgan fingerprint density at radius 2 is 0.862 bits per heavy atom. The van der Waals surface area contributed by atoms with Crippen LogP contribution in [-0.4, -0.2) is 59.9 Å². The Morgan fingerprint density at radius 3 is 1.14 bits per heavy atom. The van der Waals surface area contributed by atoms with Crippen LogP contribution in [0.25, 0.3) is 21.5 Å². The van der Waals surface area contributed by atoms with Crippen LogP contribution in [0.4, 0.5) is 0 Å². The Hall–Kier alpha value is -2.80. The van der Waals surface area contributed by atoms with Gasteiger partial charge in [0.15, 0.2) is 0 Å². The first-order chi connectivity index (χ1) is 13.4. The van der Waals surface area contributed by atoms with Crippen LogP contribution in [-0.2, 0) is 0 Å². The molecule has 0 fully saturated rings. The van der Waals surface area contributed by atoms with Gasteiger partial charge in [0.25, 0.3) is 0 Å². The Kier molecular flexibility index (Phi) is 7.45. The SMILES string of the molecule is O=C([O-])c1cc2ccccc2cc1O.O=C([O-])c1cc2ccccc2cc1O.[Ca+2]. The summed E-state index contributed by atoms with van der Waals surface area (Å²) in [5.74, 6) is -3.26. The molecule has 0 saturated heterocycles. The molecule has 7 heteroatoms. The van der Waals surface area contributed by atoms with E-state index in [9.17, 15) is 30.0 Å². The van der Waals surface area contributed by atoms with E-state index in [0.29, 0.717) is 0 Å². The summed E-state index contributed by atoms with van der Waals surface area (Å²) < 4.78 is 0. The van der Waals surface area contributed by atoms with E-state index in [2.05, 4.69) is 0 Å². The topological polar surface area (TPSA) is 121 Å². The third-order valence-corrected chi connectivity index (χ3v) is 4.17. The zero-order valence-electron chi connectivity index (χ0n) is 15.2. The minimum atomic E-state index is -1.37. The van der Waals surface area contributed by atoms with Gasteiger partial charge in [0.05, 0.1) is 11.9 Å². The second-order valence-corrected chi connectivity index (χ2v) is 6.01. The molecule has 6 nitrogen and oxygen atoms in total. The third kappa shape index (κ3) is 5.17. The number of carbonyl (C=O) groups excluding carboxylic acids is 2. The molecular formula is C22H14CaO6. The summed E-state index contributed by atoms with van der Waals surface area (Å²) in [6, 6.07) is 20.0. The Morgan fingerprint density at radius 1 is 0.586 bits per heavy atom. The fourth-order valence-electron chi connectivity index (χ4n) is 2.78. The van der Waals surface area contributed by atoms with Crippen molar-refractivity contribution in [3.8, 4) is 11.5 Å². The molecule has 0 aliphatic carbocycles. The molecule has 4 aromatic carbocycles. The van der Waals surface area contributed by atoms with Crippen molar-refractivity contribution >= 4 is 71.2 Å². The van der Waals surface area contributed by atoms with Crippen molar-refractivity contribution in [3.05, 3.63) is 83.9 Å². The number of carboxylic acids is 2. The first kappa shape index (κ1) is 22.5. The maximum atomic E-state index is 10.6. The number of hydrogen-bond acceptors (Lipinski definition) is 6. The average molecular weight is 414 g/mol. The van der Waals surface area contributed by atoms with Gasteiger partial charge in [-0.15, -0.1) is 0 Å². The van der Waals surface area contributed by atoms with Gasteiger partial charge in [-0.25, -0.2) is 0 Å². The molecule has 0 spiro atoms. The number of benzene rings is 4. The molecule has 0 aliphatic rings. The summed E-state index contributed by atoms with van der Waals surface area (Å²) in [6.07, 6.45) is 0. The summed E-state index contributed by atoms with van der Waals surface area (Å²) in [7, 11) is 0. The van der Waals surface area contributed by atoms with Crippen molar-refractivity contribution in [1.29, 1.82) is 0 Å². The molecular weight excluding hydrogens is 400 g/mol. The monoisotopic (exact) mass is 414 g/mol. The first-order valence-electron chi connectivity index (χ1n) is 8.23. The van der Waals surface area contributed by atoms with E-state index in [1.807, 2.05) is 12.1 Å². The van der Waals surface area contributed by atoms with Gasteiger partial charge in [-0.2, -0.15) is 0 Å². The Balaban J connectivity index is 0.000000200. The summed E-state index contributed by atoms with van der Waals surface area (Å²) in [6.45, 7) is 0. The summed E-state index contributed by atoms with van der Waals surface area (Å²) in [5, 5.41) is 43.0. The zero-order chi connectivity index (χ0) is 20.3. The van der Waals surface area contributed by atoms with Crippen molar-refractivity contribution in [2.45, 2.75) is 0 Å². The number of rotatable bonds is 2. The van der Waals surface area contributed by atoms with Gasteiger partial charge in [-0.05, 0) is 45.8 Å². The quantitative estimate of drug-likeness (QED) is 0.479. The summed E-state index contributed by atoms with van der Waals surface area (Å²) >= 11 is 0. The smallest absolute Gasteiger partial charge is 0.545 e. The fourth-order valence-corrected chi connectivity index (χ4v) is 2.78. The maximum absolute atomic E-state index is 10.6. The molecule has 0 unspecified atom stereocenters. The number of aromatic hydroxyl groups is 2. The fraction of sp³-hybridized carbons (Fsp3) is 0. The summed E-state index contributed by atoms with van der Waals surface area (Å²) in [4.78, 5) is 21.2. The number of aromatic carboxylic acids is 2.